The van der Waals surface area contributed by atoms with Crippen LogP contribution in [0.15, 0.2) is 35.5 Å². The van der Waals surface area contributed by atoms with Crippen molar-refractivity contribution in [1.82, 2.24) is 15.4 Å². The van der Waals surface area contributed by atoms with Gasteiger partial charge in [-0.2, -0.15) is 8.78 Å². The molecule has 0 bridgehead atoms. The molecular formula is C17H21F2N3O3. The summed E-state index contributed by atoms with van der Waals surface area (Å²) in [5, 5.41) is 10.4. The number of nitrogens with one attached hydrogen (secondary N) is 1. The van der Waals surface area contributed by atoms with Crippen LogP contribution in [0.4, 0.5) is 8.78 Å². The van der Waals surface area contributed by atoms with Gasteiger partial charge in [-0.3, -0.25) is 19.6 Å². The number of halogens is 2. The van der Waals surface area contributed by atoms with Gasteiger partial charge in [0.1, 0.15) is 5.69 Å². The highest BCUT2D eigenvalue weighted by Gasteiger charge is 2.37. The van der Waals surface area contributed by atoms with Crippen LogP contribution in [-0.4, -0.2) is 40.1 Å². The molecule has 1 aromatic rings. The zero-order valence-electron chi connectivity index (χ0n) is 14.1. The average molecular weight is 353 g/mol. The minimum absolute atomic E-state index is 0.176. The summed E-state index contributed by atoms with van der Waals surface area (Å²) in [6, 6.07) is 4.22. The van der Waals surface area contributed by atoms with Crippen molar-refractivity contribution in [3.63, 3.8) is 0 Å². The number of carboxylic acid groups (broad SMARTS) is 1. The molecule has 1 amide bonds. The molecule has 1 aromatic heterocycles. The highest BCUT2D eigenvalue weighted by Crippen LogP contribution is 2.28. The summed E-state index contributed by atoms with van der Waals surface area (Å²) in [5.41, 5.74) is 2.92. The van der Waals surface area contributed by atoms with E-state index in [2.05, 4.69) is 10.4 Å². The van der Waals surface area contributed by atoms with Crippen LogP contribution in [0.5, 0.6) is 0 Å². The van der Waals surface area contributed by atoms with Gasteiger partial charge in [0.2, 0.25) is 0 Å². The number of amides is 1. The number of hydrogen-bond acceptors (Lipinski definition) is 4. The predicted octanol–water partition coefficient (Wildman–Crippen LogP) is 2.34. The van der Waals surface area contributed by atoms with E-state index in [0.717, 1.165) is 5.01 Å². The Bertz CT molecular complexity index is 677. The van der Waals surface area contributed by atoms with E-state index >= 15 is 0 Å². The topological polar surface area (TPSA) is 82.5 Å². The van der Waals surface area contributed by atoms with Gasteiger partial charge in [0.25, 0.3) is 5.91 Å². The van der Waals surface area contributed by atoms with Gasteiger partial charge in [-0.25, -0.2) is 5.43 Å². The van der Waals surface area contributed by atoms with Crippen LogP contribution >= 0.6 is 0 Å². The number of hydrazine groups is 1. The summed E-state index contributed by atoms with van der Waals surface area (Å²) in [5.74, 6) is -5.84. The zero-order chi connectivity index (χ0) is 18.6. The number of hydrogen-bond donors (Lipinski definition) is 2. The van der Waals surface area contributed by atoms with Crippen LogP contribution in [0.25, 0.3) is 0 Å². The number of carboxylic acids is 1. The molecule has 136 valence electrons. The molecule has 1 unspecified atom stereocenters. The molecule has 0 spiro atoms. The standard InChI is InChI=1S/C17H21F2N3O3/c1-3-12(16(24)25)14-11(2)7-9-22(15(14)23)21-10-17(18,19)13-6-4-5-8-20-13/h4-6,8,12,21H,3,7,9-10H2,1-2H3,(H,24,25). The zero-order valence-corrected chi connectivity index (χ0v) is 14.1. The molecule has 25 heavy (non-hydrogen) atoms. The third kappa shape index (κ3) is 4.19. The summed E-state index contributed by atoms with van der Waals surface area (Å²) in [6.07, 6.45) is 1.97. The molecule has 2 rings (SSSR count). The first kappa shape index (κ1) is 19.0. The summed E-state index contributed by atoms with van der Waals surface area (Å²) in [7, 11) is 0. The number of aliphatic carboxylic acids is 1. The number of rotatable bonds is 7. The van der Waals surface area contributed by atoms with Crippen LogP contribution in [0, 0.1) is 5.92 Å². The molecule has 0 saturated carbocycles. The van der Waals surface area contributed by atoms with Gasteiger partial charge < -0.3 is 5.11 Å². The number of nitrogens with zero attached hydrogens (tertiary/aromatic N) is 2. The Balaban J connectivity index is 2.12. The summed E-state index contributed by atoms with van der Waals surface area (Å²) in [4.78, 5) is 27.6. The maximum atomic E-state index is 14.2. The lowest BCUT2D eigenvalue weighted by molar-refractivity contribution is -0.144. The number of pyridine rings is 1. The van der Waals surface area contributed by atoms with Crippen LogP contribution in [0.1, 0.15) is 32.4 Å². The molecule has 0 aliphatic carbocycles. The van der Waals surface area contributed by atoms with Gasteiger partial charge in [0.15, 0.2) is 0 Å². The van der Waals surface area contributed by atoms with E-state index in [1.54, 1.807) is 13.8 Å². The Morgan fingerprint density at radius 3 is 2.76 bits per heavy atom. The van der Waals surface area contributed by atoms with Gasteiger partial charge in [0, 0.05) is 18.3 Å². The van der Waals surface area contributed by atoms with Crippen molar-refractivity contribution in [2.24, 2.45) is 5.92 Å². The van der Waals surface area contributed by atoms with Gasteiger partial charge in [0.05, 0.1) is 12.5 Å². The number of carbonyl (C=O) groups excluding carboxylic acids is 1. The third-order valence-electron chi connectivity index (χ3n) is 4.23. The Kier molecular flexibility index (Phi) is 5.84. The normalized spacial score (nSPS) is 17.0. The van der Waals surface area contributed by atoms with E-state index in [-0.39, 0.29) is 18.5 Å². The lowest BCUT2D eigenvalue weighted by Gasteiger charge is -2.33. The highest BCUT2D eigenvalue weighted by atomic mass is 19.3. The molecule has 1 aliphatic heterocycles. The maximum absolute atomic E-state index is 14.2. The van der Waals surface area contributed by atoms with E-state index in [1.165, 1.54) is 24.4 Å². The van der Waals surface area contributed by atoms with Crippen molar-refractivity contribution < 1.29 is 23.5 Å². The van der Waals surface area contributed by atoms with Gasteiger partial charge in [-0.05, 0) is 31.9 Å². The molecule has 1 aliphatic rings. The van der Waals surface area contributed by atoms with E-state index < -0.39 is 36.0 Å². The Hall–Kier alpha value is -2.35. The van der Waals surface area contributed by atoms with Crippen LogP contribution < -0.4 is 5.43 Å². The Morgan fingerprint density at radius 2 is 2.20 bits per heavy atom. The second-order valence-corrected chi connectivity index (χ2v) is 5.95. The van der Waals surface area contributed by atoms with E-state index in [4.69, 9.17) is 0 Å². The van der Waals surface area contributed by atoms with Gasteiger partial charge >= 0.3 is 11.9 Å². The number of carbonyl (C=O) groups is 2. The molecule has 2 heterocycles. The fourth-order valence-electron chi connectivity index (χ4n) is 2.81. The predicted molar refractivity (Wildman–Crippen MR) is 86.6 cm³/mol. The van der Waals surface area contributed by atoms with Crippen LogP contribution in [-0.2, 0) is 15.5 Å². The first-order chi connectivity index (χ1) is 11.8. The van der Waals surface area contributed by atoms with Gasteiger partial charge in [-0.1, -0.05) is 18.6 Å². The fraction of sp³-hybridized carbons (Fsp3) is 0.471. The summed E-state index contributed by atoms with van der Waals surface area (Å²) >= 11 is 0. The van der Waals surface area contributed by atoms with Crippen molar-refractivity contribution in [3.8, 4) is 0 Å². The van der Waals surface area contributed by atoms with E-state index in [9.17, 15) is 23.5 Å². The SMILES string of the molecule is CCC(C(=O)O)C1=C(C)CCN(NCC(F)(F)c2ccccn2)C1=O. The number of alkyl halides is 2. The van der Waals surface area contributed by atoms with Crippen LogP contribution in [0.3, 0.4) is 0 Å². The molecule has 2 N–H and O–H groups in total. The fourth-order valence-corrected chi connectivity index (χ4v) is 2.81. The second kappa shape index (κ2) is 7.69. The molecule has 6 nitrogen and oxygen atoms in total. The number of aromatic nitrogens is 1. The van der Waals surface area contributed by atoms with Crippen molar-refractivity contribution in [2.45, 2.75) is 32.6 Å². The van der Waals surface area contributed by atoms with Crippen LogP contribution in [0.2, 0.25) is 0 Å². The first-order valence-electron chi connectivity index (χ1n) is 8.05. The minimum Gasteiger partial charge on any atom is -0.481 e. The molecule has 0 saturated heterocycles. The Labute approximate surface area is 144 Å². The van der Waals surface area contributed by atoms with Crippen molar-refractivity contribution >= 4 is 11.9 Å². The molecule has 0 radical (unpaired) electrons. The molecular weight excluding hydrogens is 332 g/mol. The molecule has 0 aromatic carbocycles. The molecule has 1 atom stereocenters. The van der Waals surface area contributed by atoms with Crippen molar-refractivity contribution in [3.05, 3.63) is 41.2 Å². The first-order valence-corrected chi connectivity index (χ1v) is 8.05. The lowest BCUT2D eigenvalue weighted by atomic mass is 9.88. The maximum Gasteiger partial charge on any atom is 0.311 e. The van der Waals surface area contributed by atoms with E-state index in [0.29, 0.717) is 12.0 Å². The smallest absolute Gasteiger partial charge is 0.311 e. The van der Waals surface area contributed by atoms with Gasteiger partial charge in [-0.15, -0.1) is 0 Å². The Morgan fingerprint density at radius 1 is 1.48 bits per heavy atom. The average Bonchev–Trinajstić information content (AvgIpc) is 2.58. The highest BCUT2D eigenvalue weighted by molar-refractivity contribution is 5.99. The quantitative estimate of drug-likeness (QED) is 0.786. The summed E-state index contributed by atoms with van der Waals surface area (Å²) < 4.78 is 28.4. The monoisotopic (exact) mass is 353 g/mol. The largest absolute Gasteiger partial charge is 0.481 e. The van der Waals surface area contributed by atoms with E-state index in [1.807, 2.05) is 0 Å². The lowest BCUT2D eigenvalue weighted by Crippen LogP contribution is -2.51. The molecule has 0 fully saturated rings. The van der Waals surface area contributed by atoms with Crippen molar-refractivity contribution in [2.75, 3.05) is 13.1 Å². The third-order valence-corrected chi connectivity index (χ3v) is 4.23. The second-order valence-electron chi connectivity index (χ2n) is 5.95. The minimum atomic E-state index is -3.26. The van der Waals surface area contributed by atoms with Crippen molar-refractivity contribution in [1.29, 1.82) is 0 Å². The summed E-state index contributed by atoms with van der Waals surface area (Å²) in [6.45, 7) is 2.79. The molecule has 8 heteroatoms.